The number of nitrogens with one attached hydrogen (secondary N) is 2. The van der Waals surface area contributed by atoms with Crippen molar-refractivity contribution in [2.24, 2.45) is 5.92 Å². The van der Waals surface area contributed by atoms with Crippen LogP contribution in [-0.4, -0.2) is 50.3 Å². The van der Waals surface area contributed by atoms with E-state index in [0.29, 0.717) is 38.2 Å². The van der Waals surface area contributed by atoms with Crippen LogP contribution in [0.4, 0.5) is 4.79 Å². The zero-order chi connectivity index (χ0) is 20.1. The van der Waals surface area contributed by atoms with Crippen molar-refractivity contribution in [1.29, 1.82) is 0 Å². The Morgan fingerprint density at radius 2 is 1.93 bits per heavy atom. The minimum atomic E-state index is -0.967. The summed E-state index contributed by atoms with van der Waals surface area (Å²) < 4.78 is 0. The molecular formula is C19H23N5O4. The number of H-pyrrole nitrogens is 1. The highest BCUT2D eigenvalue weighted by molar-refractivity contribution is 5.79. The van der Waals surface area contributed by atoms with Crippen molar-refractivity contribution in [2.45, 2.75) is 32.2 Å². The van der Waals surface area contributed by atoms with Gasteiger partial charge in [-0.3, -0.25) is 9.59 Å². The van der Waals surface area contributed by atoms with E-state index in [9.17, 15) is 14.4 Å². The molecule has 9 heteroatoms. The predicted octanol–water partition coefficient (Wildman–Crippen LogP) is 1.79. The summed E-state index contributed by atoms with van der Waals surface area (Å²) in [6.07, 6.45) is 0.445. The van der Waals surface area contributed by atoms with E-state index < -0.39 is 12.1 Å². The first kappa shape index (κ1) is 19.5. The monoisotopic (exact) mass is 385 g/mol. The van der Waals surface area contributed by atoms with Gasteiger partial charge in [0, 0.05) is 24.6 Å². The summed E-state index contributed by atoms with van der Waals surface area (Å²) >= 11 is 0. The SMILES string of the molecule is CCC(NC(=O)C1CCN(C(=O)O)CC1)c1nnc(-c2ccccc2)[nH]c1=O. The average Bonchev–Trinajstić information content (AvgIpc) is 2.72. The van der Waals surface area contributed by atoms with Crippen LogP contribution >= 0.6 is 0 Å². The Balaban J connectivity index is 1.69. The van der Waals surface area contributed by atoms with Crippen molar-refractivity contribution in [3.63, 3.8) is 0 Å². The zero-order valence-corrected chi connectivity index (χ0v) is 15.6. The Bertz CT molecular complexity index is 891. The Kier molecular flexibility index (Phi) is 6.03. The molecule has 2 aromatic rings. The highest BCUT2D eigenvalue weighted by Crippen LogP contribution is 2.20. The number of carbonyl (C=O) groups is 2. The van der Waals surface area contributed by atoms with Crippen molar-refractivity contribution in [1.82, 2.24) is 25.4 Å². The molecule has 1 aromatic heterocycles. The van der Waals surface area contributed by atoms with Gasteiger partial charge in [-0.05, 0) is 19.3 Å². The summed E-state index contributed by atoms with van der Waals surface area (Å²) in [6.45, 7) is 2.51. The largest absolute Gasteiger partial charge is 0.465 e. The maximum absolute atomic E-state index is 12.6. The third kappa shape index (κ3) is 4.36. The van der Waals surface area contributed by atoms with Crippen LogP contribution in [0.25, 0.3) is 11.4 Å². The van der Waals surface area contributed by atoms with Gasteiger partial charge in [0.1, 0.15) is 0 Å². The fourth-order valence-corrected chi connectivity index (χ4v) is 3.29. The van der Waals surface area contributed by atoms with Gasteiger partial charge < -0.3 is 20.3 Å². The first-order valence-electron chi connectivity index (χ1n) is 9.30. The van der Waals surface area contributed by atoms with E-state index in [1.807, 2.05) is 37.3 Å². The number of hydrogen-bond acceptors (Lipinski definition) is 5. The number of aromatic nitrogens is 3. The summed E-state index contributed by atoms with van der Waals surface area (Å²) in [5, 5.41) is 20.0. The van der Waals surface area contributed by atoms with Gasteiger partial charge in [-0.15, -0.1) is 10.2 Å². The number of hydrogen-bond donors (Lipinski definition) is 3. The minimum Gasteiger partial charge on any atom is -0.465 e. The molecule has 1 aromatic carbocycles. The standard InChI is InChI=1S/C19H23N5O4/c1-2-14(20-17(25)13-8-10-24(11-9-13)19(27)28)15-18(26)21-16(23-22-15)12-6-4-3-5-7-12/h3-7,13-14H,2,8-11H2,1H3,(H,20,25)(H,27,28)(H,21,23,26). The van der Waals surface area contributed by atoms with Gasteiger partial charge in [0.25, 0.3) is 5.56 Å². The third-order valence-electron chi connectivity index (χ3n) is 4.96. The van der Waals surface area contributed by atoms with Gasteiger partial charge in [-0.25, -0.2) is 4.79 Å². The molecule has 0 radical (unpaired) electrons. The summed E-state index contributed by atoms with van der Waals surface area (Å²) in [7, 11) is 0. The number of nitrogens with zero attached hydrogens (tertiary/aromatic N) is 3. The van der Waals surface area contributed by atoms with Crippen LogP contribution in [0, 0.1) is 5.92 Å². The summed E-state index contributed by atoms with van der Waals surface area (Å²) in [4.78, 5) is 40.1. The minimum absolute atomic E-state index is 0.165. The molecule has 0 saturated carbocycles. The zero-order valence-electron chi connectivity index (χ0n) is 15.6. The third-order valence-corrected chi connectivity index (χ3v) is 4.96. The van der Waals surface area contributed by atoms with Crippen LogP contribution in [-0.2, 0) is 4.79 Å². The highest BCUT2D eigenvalue weighted by atomic mass is 16.4. The number of carbonyl (C=O) groups excluding carboxylic acids is 1. The van der Waals surface area contributed by atoms with Crippen molar-refractivity contribution < 1.29 is 14.7 Å². The van der Waals surface area contributed by atoms with Crippen molar-refractivity contribution >= 4 is 12.0 Å². The Hall–Kier alpha value is -3.23. The molecule has 1 aliphatic rings. The lowest BCUT2D eigenvalue weighted by molar-refractivity contribution is -0.127. The second-order valence-corrected chi connectivity index (χ2v) is 6.77. The average molecular weight is 385 g/mol. The van der Waals surface area contributed by atoms with Crippen molar-refractivity contribution in [2.75, 3.05) is 13.1 Å². The molecular weight excluding hydrogens is 362 g/mol. The van der Waals surface area contributed by atoms with E-state index in [1.54, 1.807) is 0 Å². The number of piperidine rings is 1. The Morgan fingerprint density at radius 3 is 2.50 bits per heavy atom. The first-order chi connectivity index (χ1) is 13.5. The molecule has 148 valence electrons. The molecule has 3 N–H and O–H groups in total. The van der Waals surface area contributed by atoms with Gasteiger partial charge in [0.05, 0.1) is 6.04 Å². The van der Waals surface area contributed by atoms with Crippen LogP contribution in [0.3, 0.4) is 0 Å². The molecule has 0 aliphatic carbocycles. The lowest BCUT2D eigenvalue weighted by Crippen LogP contribution is -2.44. The number of aromatic amines is 1. The number of rotatable bonds is 5. The van der Waals surface area contributed by atoms with Gasteiger partial charge in [0.2, 0.25) is 5.91 Å². The number of benzene rings is 1. The summed E-state index contributed by atoms with van der Waals surface area (Å²) in [5.74, 6) is -0.0953. The van der Waals surface area contributed by atoms with Crippen LogP contribution in [0.2, 0.25) is 0 Å². The molecule has 2 heterocycles. The molecule has 1 atom stereocenters. The van der Waals surface area contributed by atoms with Crippen molar-refractivity contribution in [3.05, 3.63) is 46.4 Å². The first-order valence-corrected chi connectivity index (χ1v) is 9.30. The van der Waals surface area contributed by atoms with E-state index >= 15 is 0 Å². The van der Waals surface area contributed by atoms with E-state index in [2.05, 4.69) is 20.5 Å². The molecule has 0 spiro atoms. The Morgan fingerprint density at radius 1 is 1.25 bits per heavy atom. The van der Waals surface area contributed by atoms with Crippen LogP contribution in [0.1, 0.15) is 37.9 Å². The molecule has 1 saturated heterocycles. The van der Waals surface area contributed by atoms with Crippen LogP contribution in [0.5, 0.6) is 0 Å². The second kappa shape index (κ2) is 8.64. The van der Waals surface area contributed by atoms with E-state index in [4.69, 9.17) is 5.11 Å². The summed E-state index contributed by atoms with van der Waals surface area (Å²) in [5.41, 5.74) is 0.529. The maximum Gasteiger partial charge on any atom is 0.407 e. The van der Waals surface area contributed by atoms with Gasteiger partial charge in [0.15, 0.2) is 11.5 Å². The molecule has 1 aliphatic heterocycles. The fourth-order valence-electron chi connectivity index (χ4n) is 3.29. The van der Waals surface area contributed by atoms with Gasteiger partial charge >= 0.3 is 6.09 Å². The number of amides is 2. The predicted molar refractivity (Wildman–Crippen MR) is 102 cm³/mol. The van der Waals surface area contributed by atoms with E-state index in [0.717, 1.165) is 5.56 Å². The topological polar surface area (TPSA) is 128 Å². The fraction of sp³-hybridized carbons (Fsp3) is 0.421. The van der Waals surface area contributed by atoms with E-state index in [1.165, 1.54) is 4.90 Å². The maximum atomic E-state index is 12.6. The molecule has 28 heavy (non-hydrogen) atoms. The van der Waals surface area contributed by atoms with E-state index in [-0.39, 0.29) is 23.1 Å². The molecule has 2 amide bonds. The number of carboxylic acid groups (broad SMARTS) is 1. The Labute approximate surface area is 161 Å². The lowest BCUT2D eigenvalue weighted by Gasteiger charge is -2.30. The van der Waals surface area contributed by atoms with Crippen LogP contribution < -0.4 is 10.9 Å². The molecule has 3 rings (SSSR count). The van der Waals surface area contributed by atoms with Gasteiger partial charge in [-0.2, -0.15) is 0 Å². The van der Waals surface area contributed by atoms with Crippen LogP contribution in [0.15, 0.2) is 35.1 Å². The molecule has 1 fully saturated rings. The second-order valence-electron chi connectivity index (χ2n) is 6.77. The van der Waals surface area contributed by atoms with Crippen molar-refractivity contribution in [3.8, 4) is 11.4 Å². The highest BCUT2D eigenvalue weighted by Gasteiger charge is 2.29. The smallest absolute Gasteiger partial charge is 0.407 e. The number of likely N-dealkylation sites (tertiary alicyclic amines) is 1. The quantitative estimate of drug-likeness (QED) is 0.720. The molecule has 0 bridgehead atoms. The summed E-state index contributed by atoms with van der Waals surface area (Å²) in [6, 6.07) is 8.64. The lowest BCUT2D eigenvalue weighted by atomic mass is 9.95. The molecule has 9 nitrogen and oxygen atoms in total. The van der Waals surface area contributed by atoms with Gasteiger partial charge in [-0.1, -0.05) is 37.3 Å². The molecule has 1 unspecified atom stereocenters. The normalized spacial score (nSPS) is 15.8.